The molecule has 5 heterocycles. The van der Waals surface area contributed by atoms with Gasteiger partial charge in [-0.05, 0) is 140 Å². The van der Waals surface area contributed by atoms with Gasteiger partial charge in [-0.3, -0.25) is 0 Å². The van der Waals surface area contributed by atoms with E-state index in [0.29, 0.717) is 6.54 Å². The number of aromatic nitrogens is 4. The third-order valence-electron chi connectivity index (χ3n) is 9.99. The maximum absolute atomic E-state index is 8.90. The predicted molar refractivity (Wildman–Crippen MR) is 213 cm³/mol. The summed E-state index contributed by atoms with van der Waals surface area (Å²) >= 11 is 0. The van der Waals surface area contributed by atoms with E-state index < -0.39 is 0 Å². The van der Waals surface area contributed by atoms with E-state index in [1.165, 1.54) is 44.5 Å². The second-order valence-electron chi connectivity index (χ2n) is 13.8. The fourth-order valence-electron chi connectivity index (χ4n) is 8.03. The van der Waals surface area contributed by atoms with Crippen molar-refractivity contribution in [1.29, 1.82) is 0 Å². The van der Waals surface area contributed by atoms with E-state index in [2.05, 4.69) is 151 Å². The van der Waals surface area contributed by atoms with Gasteiger partial charge in [0.25, 0.3) is 0 Å². The minimum atomic E-state index is 0.305. The zero-order valence-electron chi connectivity index (χ0n) is 29.7. The number of fused-ring (bicyclic) bond motifs is 9. The number of aromatic amines is 3. The second kappa shape index (κ2) is 12.5. The summed E-state index contributed by atoms with van der Waals surface area (Å²) in [6, 6.07) is 30.3. The first-order chi connectivity index (χ1) is 24.7. The molecule has 1 aliphatic rings. The van der Waals surface area contributed by atoms with Gasteiger partial charge in [0.05, 0.1) is 23.4 Å². The van der Waals surface area contributed by atoms with Crippen molar-refractivity contribution in [3.8, 4) is 33.4 Å². The van der Waals surface area contributed by atoms with Crippen LogP contribution in [0.1, 0.15) is 50.3 Å². The molecule has 0 fully saturated rings. The standard InChI is InChI=1S/C44H39N7/c1-24-19-26(3)40(27(4)20-24)43-36-13-11-32(47-36)33-12-14-37(48-33)44(41-28(5)21-25(2)22-29(41)6)39-18-16-35(50-39)42(34-15-17-38(43)49-34)31-9-7-30(8-10-31)23-46-51-45/h7-22,47,49-50H,23H2,1-6H3. The normalized spacial score (nSPS) is 11.7. The Balaban J connectivity index is 1.55. The maximum Gasteiger partial charge on any atom is 0.0872 e. The van der Waals surface area contributed by atoms with Crippen molar-refractivity contribution < 1.29 is 0 Å². The fraction of sp³-hybridized carbons (Fsp3) is 0.159. The molecule has 7 heteroatoms. The minimum Gasteiger partial charge on any atom is -0.354 e. The van der Waals surface area contributed by atoms with E-state index in [1.54, 1.807) is 0 Å². The van der Waals surface area contributed by atoms with Crippen molar-refractivity contribution in [3.63, 3.8) is 0 Å². The molecule has 0 spiro atoms. The molecule has 3 aromatic carbocycles. The zero-order valence-corrected chi connectivity index (χ0v) is 29.7. The van der Waals surface area contributed by atoms with Crippen LogP contribution in [-0.4, -0.2) is 19.9 Å². The van der Waals surface area contributed by atoms with Crippen molar-refractivity contribution in [1.82, 2.24) is 19.9 Å². The summed E-state index contributed by atoms with van der Waals surface area (Å²) in [5.74, 6) is 0. The Morgan fingerprint density at radius 1 is 0.510 bits per heavy atom. The van der Waals surface area contributed by atoms with Crippen LogP contribution in [0.15, 0.2) is 90.0 Å². The van der Waals surface area contributed by atoms with Gasteiger partial charge >= 0.3 is 0 Å². The molecule has 4 aromatic heterocycles. The van der Waals surface area contributed by atoms with E-state index in [0.717, 1.165) is 72.3 Å². The number of azide groups is 1. The van der Waals surface area contributed by atoms with Crippen molar-refractivity contribution in [2.75, 3.05) is 0 Å². The molecule has 0 atom stereocenters. The number of benzene rings is 3. The Morgan fingerprint density at radius 3 is 1.47 bits per heavy atom. The first-order valence-electron chi connectivity index (χ1n) is 17.3. The first kappa shape index (κ1) is 31.9. The number of nitrogens with zero attached hydrogens (tertiary/aromatic N) is 4. The smallest absolute Gasteiger partial charge is 0.0872 e. The molecule has 0 saturated carbocycles. The monoisotopic (exact) mass is 665 g/mol. The summed E-state index contributed by atoms with van der Waals surface area (Å²) in [4.78, 5) is 19.7. The van der Waals surface area contributed by atoms with Crippen molar-refractivity contribution in [2.24, 2.45) is 5.11 Å². The van der Waals surface area contributed by atoms with Crippen LogP contribution in [0.25, 0.3) is 89.1 Å². The van der Waals surface area contributed by atoms with E-state index in [4.69, 9.17) is 10.5 Å². The van der Waals surface area contributed by atoms with Gasteiger partial charge in [-0.2, -0.15) is 0 Å². The molecule has 0 unspecified atom stereocenters. The molecule has 0 saturated heterocycles. The van der Waals surface area contributed by atoms with Crippen LogP contribution in [0.5, 0.6) is 0 Å². The first-order valence-corrected chi connectivity index (χ1v) is 17.3. The molecule has 7 aromatic rings. The SMILES string of the molecule is Cc1cc(C)c(-c2c3nc(c4ccc([nH]4)c(-c4c(C)cc(C)cc4C)c4ccc([nH]4)c(-c4ccc(CN=[N+]=[N-])cc4)c4ccc2[nH]4)C=C3)c(C)c1. The van der Waals surface area contributed by atoms with Crippen molar-refractivity contribution in [3.05, 3.63) is 146 Å². The Labute approximate surface area is 296 Å². The lowest BCUT2D eigenvalue weighted by Gasteiger charge is -2.13. The van der Waals surface area contributed by atoms with Crippen LogP contribution in [0.2, 0.25) is 0 Å². The molecule has 8 bridgehead atoms. The average molecular weight is 666 g/mol. The number of aryl methyl sites for hydroxylation is 6. The average Bonchev–Trinajstić information content (AvgIpc) is 3.92. The molecule has 8 rings (SSSR count). The predicted octanol–water partition coefficient (Wildman–Crippen LogP) is 12.4. The highest BCUT2D eigenvalue weighted by molar-refractivity contribution is 6.01. The van der Waals surface area contributed by atoms with Gasteiger partial charge in [0.15, 0.2) is 0 Å². The van der Waals surface area contributed by atoms with Crippen LogP contribution < -0.4 is 0 Å². The lowest BCUT2D eigenvalue weighted by Crippen LogP contribution is -1.93. The number of rotatable bonds is 5. The quantitative estimate of drug-likeness (QED) is 0.0949. The lowest BCUT2D eigenvalue weighted by molar-refractivity contribution is 1.05. The largest absolute Gasteiger partial charge is 0.354 e. The molecule has 0 radical (unpaired) electrons. The summed E-state index contributed by atoms with van der Waals surface area (Å²) in [7, 11) is 0. The Bertz CT molecular complexity index is 2680. The van der Waals surface area contributed by atoms with Crippen molar-refractivity contribution >= 4 is 45.3 Å². The zero-order chi connectivity index (χ0) is 35.4. The lowest BCUT2D eigenvalue weighted by atomic mass is 9.92. The Kier molecular flexibility index (Phi) is 7.85. The number of hydrogen-bond acceptors (Lipinski definition) is 2. The highest BCUT2D eigenvalue weighted by atomic mass is 15.1. The molecule has 3 N–H and O–H groups in total. The molecule has 250 valence electrons. The van der Waals surface area contributed by atoms with E-state index in [9.17, 15) is 0 Å². The summed E-state index contributed by atoms with van der Waals surface area (Å²) in [5.41, 5.74) is 31.6. The van der Waals surface area contributed by atoms with Gasteiger partial charge < -0.3 is 15.0 Å². The Hall–Kier alpha value is -6.30. The topological polar surface area (TPSA) is 109 Å². The van der Waals surface area contributed by atoms with Crippen LogP contribution in [0.4, 0.5) is 0 Å². The Morgan fingerprint density at radius 2 is 0.941 bits per heavy atom. The third-order valence-corrected chi connectivity index (χ3v) is 9.99. The van der Waals surface area contributed by atoms with Crippen LogP contribution in [-0.2, 0) is 6.54 Å². The van der Waals surface area contributed by atoms with E-state index >= 15 is 0 Å². The molecule has 0 aliphatic carbocycles. The van der Waals surface area contributed by atoms with E-state index in [-0.39, 0.29) is 0 Å². The molecule has 1 aliphatic heterocycles. The van der Waals surface area contributed by atoms with Crippen molar-refractivity contribution in [2.45, 2.75) is 48.1 Å². The molecular formula is C44H39N7. The molecular weight excluding hydrogens is 627 g/mol. The second-order valence-corrected chi connectivity index (χ2v) is 13.8. The highest BCUT2D eigenvalue weighted by Crippen LogP contribution is 2.39. The maximum atomic E-state index is 8.90. The summed E-state index contributed by atoms with van der Waals surface area (Å²) in [5, 5.41) is 3.77. The van der Waals surface area contributed by atoms with Crippen LogP contribution in [0.3, 0.4) is 0 Å². The summed E-state index contributed by atoms with van der Waals surface area (Å²) in [6.45, 7) is 13.4. The van der Waals surface area contributed by atoms with Gasteiger partial charge in [0, 0.05) is 49.2 Å². The van der Waals surface area contributed by atoms with Gasteiger partial charge in [0.2, 0.25) is 0 Å². The van der Waals surface area contributed by atoms with Gasteiger partial charge in [-0.15, -0.1) is 0 Å². The minimum absolute atomic E-state index is 0.305. The summed E-state index contributed by atoms with van der Waals surface area (Å²) in [6.07, 6.45) is 4.25. The number of hydrogen-bond donors (Lipinski definition) is 3. The molecule has 7 nitrogen and oxygen atoms in total. The van der Waals surface area contributed by atoms with Gasteiger partial charge in [0.1, 0.15) is 0 Å². The van der Waals surface area contributed by atoms with Gasteiger partial charge in [-0.1, -0.05) is 64.8 Å². The van der Waals surface area contributed by atoms with E-state index in [1.807, 2.05) is 12.1 Å². The fourth-order valence-corrected chi connectivity index (χ4v) is 8.03. The number of H-pyrrole nitrogens is 3. The summed E-state index contributed by atoms with van der Waals surface area (Å²) < 4.78 is 0. The third kappa shape index (κ3) is 5.68. The van der Waals surface area contributed by atoms with Crippen LogP contribution in [0, 0.1) is 41.5 Å². The molecule has 51 heavy (non-hydrogen) atoms. The van der Waals surface area contributed by atoms with Gasteiger partial charge in [-0.25, -0.2) is 4.98 Å². The molecule has 0 amide bonds. The highest BCUT2D eigenvalue weighted by Gasteiger charge is 2.18. The number of nitrogens with one attached hydrogen (secondary N) is 3. The van der Waals surface area contributed by atoms with Crippen LogP contribution >= 0.6 is 0 Å².